The standard InChI is InChI=1S/C14H24N2OS/c1-10(14-9-18-11(2)16-14)15-7-12-5-3-4-6-13(12)8-17/h9-10,12-13,15,17H,3-8H2,1-2H3. The molecule has 3 nitrogen and oxygen atoms in total. The Bertz CT molecular complexity index is 366. The smallest absolute Gasteiger partial charge is 0.0898 e. The second-order valence-corrected chi connectivity index (χ2v) is 6.47. The molecule has 1 aromatic rings. The molecule has 18 heavy (non-hydrogen) atoms. The van der Waals surface area contributed by atoms with Crippen molar-refractivity contribution >= 4 is 11.3 Å². The SMILES string of the molecule is Cc1nc(C(C)NCC2CCCCC2CO)cs1. The van der Waals surface area contributed by atoms with Crippen molar-refractivity contribution in [2.24, 2.45) is 11.8 Å². The van der Waals surface area contributed by atoms with Crippen molar-refractivity contribution in [1.29, 1.82) is 0 Å². The van der Waals surface area contributed by atoms with Gasteiger partial charge >= 0.3 is 0 Å². The Kier molecular flexibility index (Phi) is 5.15. The number of nitrogens with one attached hydrogen (secondary N) is 1. The molecule has 0 bridgehead atoms. The molecule has 102 valence electrons. The van der Waals surface area contributed by atoms with Gasteiger partial charge in [-0.15, -0.1) is 11.3 Å². The molecule has 3 atom stereocenters. The molecule has 3 unspecified atom stereocenters. The molecule has 1 fully saturated rings. The van der Waals surface area contributed by atoms with Crippen LogP contribution in [0.4, 0.5) is 0 Å². The molecule has 4 heteroatoms. The van der Waals surface area contributed by atoms with Crippen molar-refractivity contribution in [3.63, 3.8) is 0 Å². The lowest BCUT2D eigenvalue weighted by Gasteiger charge is -2.31. The number of thiazole rings is 1. The minimum absolute atomic E-state index is 0.316. The lowest BCUT2D eigenvalue weighted by atomic mass is 9.79. The Morgan fingerprint density at radius 1 is 1.44 bits per heavy atom. The molecule has 0 aliphatic heterocycles. The third-order valence-electron chi connectivity index (χ3n) is 4.07. The summed E-state index contributed by atoms with van der Waals surface area (Å²) < 4.78 is 0. The van der Waals surface area contributed by atoms with Crippen molar-refractivity contribution in [3.8, 4) is 0 Å². The maximum atomic E-state index is 9.41. The van der Waals surface area contributed by atoms with E-state index in [1.165, 1.54) is 25.7 Å². The fourth-order valence-corrected chi connectivity index (χ4v) is 3.51. The maximum absolute atomic E-state index is 9.41. The van der Waals surface area contributed by atoms with Crippen LogP contribution in [0.5, 0.6) is 0 Å². The Morgan fingerprint density at radius 3 is 2.78 bits per heavy atom. The lowest BCUT2D eigenvalue weighted by molar-refractivity contribution is 0.131. The van der Waals surface area contributed by atoms with Crippen molar-refractivity contribution in [2.75, 3.05) is 13.2 Å². The molecule has 0 amide bonds. The Morgan fingerprint density at radius 2 is 2.17 bits per heavy atom. The van der Waals surface area contributed by atoms with Gasteiger partial charge in [-0.05, 0) is 45.1 Å². The summed E-state index contributed by atoms with van der Waals surface area (Å²) in [6, 6.07) is 0.316. The molecular weight excluding hydrogens is 244 g/mol. The quantitative estimate of drug-likeness (QED) is 0.863. The third-order valence-corrected chi connectivity index (χ3v) is 4.86. The van der Waals surface area contributed by atoms with E-state index in [2.05, 4.69) is 22.6 Å². The summed E-state index contributed by atoms with van der Waals surface area (Å²) in [5.74, 6) is 1.13. The first kappa shape index (κ1) is 14.0. The second kappa shape index (κ2) is 6.64. The Hall–Kier alpha value is -0.450. The Labute approximate surface area is 114 Å². The zero-order valence-electron chi connectivity index (χ0n) is 11.4. The fraction of sp³-hybridized carbons (Fsp3) is 0.786. The molecule has 0 aromatic carbocycles. The molecule has 0 radical (unpaired) electrons. The normalized spacial score (nSPS) is 26.2. The van der Waals surface area contributed by atoms with E-state index < -0.39 is 0 Å². The fourth-order valence-electron chi connectivity index (χ4n) is 2.81. The average molecular weight is 268 g/mol. The van der Waals surface area contributed by atoms with Crippen LogP contribution in [0, 0.1) is 18.8 Å². The molecule has 2 N–H and O–H groups in total. The second-order valence-electron chi connectivity index (χ2n) is 5.41. The van der Waals surface area contributed by atoms with Crippen LogP contribution in [-0.4, -0.2) is 23.2 Å². The molecule has 1 heterocycles. The molecule has 1 saturated carbocycles. The molecule has 1 aliphatic carbocycles. The predicted octanol–water partition coefficient (Wildman–Crippen LogP) is 2.90. The van der Waals surface area contributed by atoms with Gasteiger partial charge in [0.1, 0.15) is 0 Å². The van der Waals surface area contributed by atoms with Crippen molar-refractivity contribution in [2.45, 2.75) is 45.6 Å². The minimum Gasteiger partial charge on any atom is -0.396 e. The highest BCUT2D eigenvalue weighted by atomic mass is 32.1. The first-order valence-electron chi connectivity index (χ1n) is 6.97. The van der Waals surface area contributed by atoms with Gasteiger partial charge in [-0.3, -0.25) is 0 Å². The topological polar surface area (TPSA) is 45.2 Å². The van der Waals surface area contributed by atoms with E-state index in [-0.39, 0.29) is 0 Å². The van der Waals surface area contributed by atoms with Gasteiger partial charge in [-0.1, -0.05) is 12.8 Å². The zero-order chi connectivity index (χ0) is 13.0. The number of nitrogens with zero attached hydrogens (tertiary/aromatic N) is 1. The summed E-state index contributed by atoms with van der Waals surface area (Å²) in [5.41, 5.74) is 1.15. The number of aromatic nitrogens is 1. The molecule has 0 spiro atoms. The summed E-state index contributed by atoms with van der Waals surface area (Å²) >= 11 is 1.71. The van der Waals surface area contributed by atoms with Crippen LogP contribution >= 0.6 is 11.3 Å². The van der Waals surface area contributed by atoms with Gasteiger partial charge in [0.2, 0.25) is 0 Å². The monoisotopic (exact) mass is 268 g/mol. The average Bonchev–Trinajstić information content (AvgIpc) is 2.83. The Balaban J connectivity index is 1.83. The van der Waals surface area contributed by atoms with Crippen LogP contribution in [-0.2, 0) is 0 Å². The van der Waals surface area contributed by atoms with Crippen LogP contribution in [0.2, 0.25) is 0 Å². The molecule has 1 aliphatic rings. The zero-order valence-corrected chi connectivity index (χ0v) is 12.2. The van der Waals surface area contributed by atoms with E-state index in [0.29, 0.717) is 24.5 Å². The van der Waals surface area contributed by atoms with E-state index >= 15 is 0 Å². The number of rotatable bonds is 5. The predicted molar refractivity (Wildman–Crippen MR) is 75.8 cm³/mol. The summed E-state index contributed by atoms with van der Waals surface area (Å²) in [5, 5.41) is 16.3. The number of aliphatic hydroxyl groups excluding tert-OH is 1. The van der Waals surface area contributed by atoms with Crippen molar-refractivity contribution in [1.82, 2.24) is 10.3 Å². The van der Waals surface area contributed by atoms with Gasteiger partial charge in [0.05, 0.1) is 10.7 Å². The van der Waals surface area contributed by atoms with Gasteiger partial charge in [0.25, 0.3) is 0 Å². The number of hydrogen-bond acceptors (Lipinski definition) is 4. The highest BCUT2D eigenvalue weighted by molar-refractivity contribution is 7.09. The number of aliphatic hydroxyl groups is 1. The van der Waals surface area contributed by atoms with Crippen molar-refractivity contribution < 1.29 is 5.11 Å². The summed E-state index contributed by atoms with van der Waals surface area (Å²) in [4.78, 5) is 4.52. The van der Waals surface area contributed by atoms with Crippen LogP contribution in [0.3, 0.4) is 0 Å². The first-order valence-corrected chi connectivity index (χ1v) is 7.85. The van der Waals surface area contributed by atoms with Crippen LogP contribution in [0.15, 0.2) is 5.38 Å². The summed E-state index contributed by atoms with van der Waals surface area (Å²) in [6.45, 7) is 5.56. The largest absolute Gasteiger partial charge is 0.396 e. The summed E-state index contributed by atoms with van der Waals surface area (Å²) in [7, 11) is 0. The van der Waals surface area contributed by atoms with Gasteiger partial charge in [0.15, 0.2) is 0 Å². The van der Waals surface area contributed by atoms with E-state index in [1.807, 2.05) is 6.92 Å². The highest BCUT2D eigenvalue weighted by Crippen LogP contribution is 2.29. The highest BCUT2D eigenvalue weighted by Gasteiger charge is 2.24. The van der Waals surface area contributed by atoms with Crippen molar-refractivity contribution in [3.05, 3.63) is 16.1 Å². The first-order chi connectivity index (χ1) is 8.70. The molecule has 0 saturated heterocycles. The minimum atomic E-state index is 0.316. The molecular formula is C14H24N2OS. The van der Waals surface area contributed by atoms with Gasteiger partial charge in [-0.2, -0.15) is 0 Å². The van der Waals surface area contributed by atoms with Gasteiger partial charge in [-0.25, -0.2) is 4.98 Å². The van der Waals surface area contributed by atoms with Gasteiger partial charge < -0.3 is 10.4 Å². The van der Waals surface area contributed by atoms with Gasteiger partial charge in [0, 0.05) is 18.0 Å². The number of aryl methyl sites for hydroxylation is 1. The van der Waals surface area contributed by atoms with E-state index in [9.17, 15) is 5.11 Å². The van der Waals surface area contributed by atoms with Crippen LogP contribution in [0.1, 0.15) is 49.4 Å². The maximum Gasteiger partial charge on any atom is 0.0898 e. The number of hydrogen-bond donors (Lipinski definition) is 2. The third kappa shape index (κ3) is 3.53. The summed E-state index contributed by atoms with van der Waals surface area (Å²) in [6.07, 6.45) is 5.03. The lowest BCUT2D eigenvalue weighted by Crippen LogP contribution is -2.33. The van der Waals surface area contributed by atoms with Crippen LogP contribution in [0.25, 0.3) is 0 Å². The van der Waals surface area contributed by atoms with E-state index in [0.717, 1.165) is 17.2 Å². The van der Waals surface area contributed by atoms with E-state index in [1.54, 1.807) is 11.3 Å². The van der Waals surface area contributed by atoms with E-state index in [4.69, 9.17) is 0 Å². The molecule has 1 aromatic heterocycles. The molecule has 2 rings (SSSR count). The van der Waals surface area contributed by atoms with Crippen LogP contribution < -0.4 is 5.32 Å².